The average molecular weight is 254 g/mol. The largest absolute Gasteiger partial charge is 0.343 e. The van der Waals surface area contributed by atoms with Crippen molar-refractivity contribution in [2.45, 2.75) is 47.6 Å². The molecule has 0 bridgehead atoms. The molecule has 0 spiro atoms. The number of carbonyl (C=O) groups excluding carboxylic acids is 2. The van der Waals surface area contributed by atoms with Crippen LogP contribution in [0.1, 0.15) is 41.5 Å². The molecule has 0 saturated carbocycles. The summed E-state index contributed by atoms with van der Waals surface area (Å²) < 4.78 is 0. The molecule has 1 N–H and O–H groups in total. The molecule has 18 heavy (non-hydrogen) atoms. The number of hydrogen-bond acceptors (Lipinski definition) is 2. The second-order valence-electron chi connectivity index (χ2n) is 6.78. The van der Waals surface area contributed by atoms with Gasteiger partial charge >= 0.3 is 0 Å². The van der Waals surface area contributed by atoms with Gasteiger partial charge in [-0.15, -0.1) is 0 Å². The van der Waals surface area contributed by atoms with E-state index in [4.69, 9.17) is 0 Å². The van der Waals surface area contributed by atoms with E-state index < -0.39 is 0 Å². The van der Waals surface area contributed by atoms with Gasteiger partial charge in [0.2, 0.25) is 11.8 Å². The number of rotatable bonds is 3. The van der Waals surface area contributed by atoms with Gasteiger partial charge in [-0.2, -0.15) is 0 Å². The van der Waals surface area contributed by atoms with E-state index in [-0.39, 0.29) is 35.7 Å². The van der Waals surface area contributed by atoms with Gasteiger partial charge in [-0.25, -0.2) is 0 Å². The lowest BCUT2D eigenvalue weighted by molar-refractivity contribution is -0.146. The van der Waals surface area contributed by atoms with Gasteiger partial charge < -0.3 is 10.2 Å². The molecule has 1 fully saturated rings. The predicted molar refractivity (Wildman–Crippen MR) is 72.0 cm³/mol. The molecule has 1 aliphatic heterocycles. The molecular weight excluding hydrogens is 228 g/mol. The van der Waals surface area contributed by atoms with Crippen molar-refractivity contribution < 1.29 is 9.59 Å². The van der Waals surface area contributed by atoms with Gasteiger partial charge in [0.05, 0.1) is 6.54 Å². The SMILES string of the molecule is CC(C)C1NC(=O)CN(CC(C)C(C)(C)C)C1=O. The fourth-order valence-corrected chi connectivity index (χ4v) is 1.94. The Balaban J connectivity index is 2.76. The highest BCUT2D eigenvalue weighted by atomic mass is 16.2. The van der Waals surface area contributed by atoms with Crippen molar-refractivity contribution in [1.29, 1.82) is 0 Å². The number of amides is 2. The number of piperazine rings is 1. The third kappa shape index (κ3) is 3.47. The fraction of sp³-hybridized carbons (Fsp3) is 0.857. The normalized spacial score (nSPS) is 23.3. The molecular formula is C14H26N2O2. The van der Waals surface area contributed by atoms with E-state index >= 15 is 0 Å². The van der Waals surface area contributed by atoms with Crippen LogP contribution in [-0.2, 0) is 9.59 Å². The van der Waals surface area contributed by atoms with Crippen molar-refractivity contribution in [3.05, 3.63) is 0 Å². The zero-order valence-electron chi connectivity index (χ0n) is 12.4. The molecule has 0 aromatic carbocycles. The molecule has 4 heteroatoms. The monoisotopic (exact) mass is 254 g/mol. The van der Waals surface area contributed by atoms with E-state index in [9.17, 15) is 9.59 Å². The van der Waals surface area contributed by atoms with Crippen molar-refractivity contribution >= 4 is 11.8 Å². The van der Waals surface area contributed by atoms with Gasteiger partial charge in [0.15, 0.2) is 0 Å². The van der Waals surface area contributed by atoms with Crippen LogP contribution in [-0.4, -0.2) is 35.8 Å². The first kappa shape index (κ1) is 15.0. The quantitative estimate of drug-likeness (QED) is 0.832. The average Bonchev–Trinajstić information content (AvgIpc) is 2.21. The predicted octanol–water partition coefficient (Wildman–Crippen LogP) is 1.65. The van der Waals surface area contributed by atoms with E-state index in [1.807, 2.05) is 13.8 Å². The molecule has 104 valence electrons. The zero-order valence-corrected chi connectivity index (χ0v) is 12.4. The van der Waals surface area contributed by atoms with Gasteiger partial charge in [-0.3, -0.25) is 9.59 Å². The summed E-state index contributed by atoms with van der Waals surface area (Å²) in [6, 6.07) is -0.363. The molecule has 2 atom stereocenters. The van der Waals surface area contributed by atoms with E-state index in [1.165, 1.54) is 0 Å². The van der Waals surface area contributed by atoms with Crippen LogP contribution in [0.2, 0.25) is 0 Å². The maximum absolute atomic E-state index is 12.3. The molecule has 1 aliphatic rings. The second-order valence-corrected chi connectivity index (χ2v) is 6.78. The smallest absolute Gasteiger partial charge is 0.245 e. The standard InChI is InChI=1S/C14H26N2O2/c1-9(2)12-13(18)16(8-11(17)15-12)7-10(3)14(4,5)6/h9-10,12H,7-8H2,1-6H3,(H,15,17). The van der Waals surface area contributed by atoms with E-state index in [0.717, 1.165) is 0 Å². The van der Waals surface area contributed by atoms with Crippen molar-refractivity contribution in [2.24, 2.45) is 17.3 Å². The van der Waals surface area contributed by atoms with Gasteiger partial charge in [-0.05, 0) is 17.3 Å². The number of hydrogen-bond donors (Lipinski definition) is 1. The van der Waals surface area contributed by atoms with E-state index in [1.54, 1.807) is 4.90 Å². The van der Waals surface area contributed by atoms with Crippen LogP contribution in [0.4, 0.5) is 0 Å². The molecule has 1 rings (SSSR count). The maximum atomic E-state index is 12.3. The first-order valence-electron chi connectivity index (χ1n) is 6.71. The highest BCUT2D eigenvalue weighted by Crippen LogP contribution is 2.26. The molecule has 1 saturated heterocycles. The van der Waals surface area contributed by atoms with Crippen LogP contribution in [0.3, 0.4) is 0 Å². The van der Waals surface area contributed by atoms with E-state index in [2.05, 4.69) is 33.0 Å². The lowest BCUT2D eigenvalue weighted by Crippen LogP contribution is -2.60. The summed E-state index contributed by atoms with van der Waals surface area (Å²) in [5.41, 5.74) is 0.140. The Kier molecular flexibility index (Phi) is 4.41. The molecule has 2 amide bonds. The van der Waals surface area contributed by atoms with Crippen LogP contribution in [0.15, 0.2) is 0 Å². The molecule has 0 aromatic rings. The topological polar surface area (TPSA) is 49.4 Å². The van der Waals surface area contributed by atoms with Crippen molar-refractivity contribution in [3.8, 4) is 0 Å². The minimum atomic E-state index is -0.363. The van der Waals surface area contributed by atoms with Crippen molar-refractivity contribution in [3.63, 3.8) is 0 Å². The molecule has 0 aromatic heterocycles. The summed E-state index contributed by atoms with van der Waals surface area (Å²) in [4.78, 5) is 25.7. The molecule has 0 radical (unpaired) electrons. The molecule has 0 aliphatic carbocycles. The van der Waals surface area contributed by atoms with Gasteiger partial charge in [0.25, 0.3) is 0 Å². The Bertz CT molecular complexity index is 331. The molecule has 1 heterocycles. The minimum absolute atomic E-state index is 0.0468. The lowest BCUT2D eigenvalue weighted by Gasteiger charge is -2.38. The summed E-state index contributed by atoms with van der Waals surface area (Å²) in [5.74, 6) is 0.504. The Hall–Kier alpha value is -1.06. The number of nitrogens with one attached hydrogen (secondary N) is 1. The highest BCUT2D eigenvalue weighted by molar-refractivity contribution is 5.94. The Morgan fingerprint density at radius 3 is 2.28 bits per heavy atom. The summed E-state index contributed by atoms with van der Waals surface area (Å²) in [6.45, 7) is 13.4. The van der Waals surface area contributed by atoms with E-state index in [0.29, 0.717) is 12.5 Å². The van der Waals surface area contributed by atoms with Crippen LogP contribution < -0.4 is 5.32 Å². The number of carbonyl (C=O) groups is 2. The van der Waals surface area contributed by atoms with Crippen LogP contribution in [0.5, 0.6) is 0 Å². The van der Waals surface area contributed by atoms with Crippen molar-refractivity contribution in [1.82, 2.24) is 10.2 Å². The fourth-order valence-electron chi connectivity index (χ4n) is 1.94. The Morgan fingerprint density at radius 1 is 1.28 bits per heavy atom. The van der Waals surface area contributed by atoms with Gasteiger partial charge in [-0.1, -0.05) is 41.5 Å². The Labute approximate surface area is 110 Å². The molecule has 2 unspecified atom stereocenters. The zero-order chi connectivity index (χ0) is 14.1. The highest BCUT2D eigenvalue weighted by Gasteiger charge is 2.36. The number of nitrogens with zero attached hydrogens (tertiary/aromatic N) is 1. The first-order chi connectivity index (χ1) is 8.12. The van der Waals surface area contributed by atoms with Crippen molar-refractivity contribution in [2.75, 3.05) is 13.1 Å². The third-order valence-electron chi connectivity index (χ3n) is 3.87. The summed E-state index contributed by atoms with van der Waals surface area (Å²) in [5, 5.41) is 2.78. The van der Waals surface area contributed by atoms with Crippen LogP contribution in [0.25, 0.3) is 0 Å². The van der Waals surface area contributed by atoms with Crippen LogP contribution >= 0.6 is 0 Å². The Morgan fingerprint density at radius 2 is 1.83 bits per heavy atom. The summed E-state index contributed by atoms with van der Waals surface area (Å²) in [7, 11) is 0. The summed E-state index contributed by atoms with van der Waals surface area (Å²) in [6.07, 6.45) is 0. The minimum Gasteiger partial charge on any atom is -0.343 e. The summed E-state index contributed by atoms with van der Waals surface area (Å²) >= 11 is 0. The third-order valence-corrected chi connectivity index (χ3v) is 3.87. The van der Waals surface area contributed by atoms with Gasteiger partial charge in [0.1, 0.15) is 6.04 Å². The molecule has 4 nitrogen and oxygen atoms in total. The first-order valence-corrected chi connectivity index (χ1v) is 6.71. The maximum Gasteiger partial charge on any atom is 0.245 e. The lowest BCUT2D eigenvalue weighted by atomic mass is 9.81. The second kappa shape index (κ2) is 5.29. The van der Waals surface area contributed by atoms with Gasteiger partial charge in [0, 0.05) is 6.54 Å². The van der Waals surface area contributed by atoms with Crippen LogP contribution in [0, 0.1) is 17.3 Å².